The van der Waals surface area contributed by atoms with Crippen molar-refractivity contribution >= 4 is 11.9 Å². The van der Waals surface area contributed by atoms with E-state index in [1.165, 1.54) is 0 Å². The molecule has 6 nitrogen and oxygen atoms in total. The smallest absolute Gasteiger partial charge is 0.296 e. The van der Waals surface area contributed by atoms with Gasteiger partial charge in [-0.25, -0.2) is 9.59 Å². The van der Waals surface area contributed by atoms with Crippen LogP contribution in [0.15, 0.2) is 11.1 Å². The van der Waals surface area contributed by atoms with Gasteiger partial charge in [0.25, 0.3) is 0 Å². The predicted octanol–water partition coefficient (Wildman–Crippen LogP) is 4.26. The van der Waals surface area contributed by atoms with Crippen LogP contribution in [0.4, 0.5) is 0 Å². The van der Waals surface area contributed by atoms with Gasteiger partial charge in [-0.1, -0.05) is 52.4 Å². The summed E-state index contributed by atoms with van der Waals surface area (Å²) in [5.74, 6) is -1.82. The van der Waals surface area contributed by atoms with Crippen molar-refractivity contribution in [1.29, 1.82) is 0 Å². The van der Waals surface area contributed by atoms with E-state index in [0.717, 1.165) is 64.2 Å². The van der Waals surface area contributed by atoms with E-state index in [2.05, 4.69) is 9.78 Å². The third-order valence-corrected chi connectivity index (χ3v) is 5.95. The van der Waals surface area contributed by atoms with Crippen molar-refractivity contribution in [2.75, 3.05) is 0 Å². The Morgan fingerprint density at radius 2 is 0.958 bits per heavy atom. The highest BCUT2D eigenvalue weighted by Crippen LogP contribution is 2.50. The lowest BCUT2D eigenvalue weighted by Gasteiger charge is -2.41. The Kier molecular flexibility index (Phi) is 6.04. The maximum absolute atomic E-state index is 12.4. The average molecular weight is 340 g/mol. The van der Waals surface area contributed by atoms with Crippen molar-refractivity contribution < 1.29 is 29.9 Å². The van der Waals surface area contributed by atoms with E-state index in [9.17, 15) is 9.59 Å². The third kappa shape index (κ3) is 3.64. The standard InChI is InChI=1S/C18H28O6/c1-17(9-5-3-6-10-17)13(15(19)23-21)14(16(20)24-22)18(2)11-7-4-8-12-18/h21-22H,3-12H2,1-2H3. The van der Waals surface area contributed by atoms with Crippen LogP contribution in [0.1, 0.15) is 78.1 Å². The molecule has 6 heteroatoms. The van der Waals surface area contributed by atoms with Crippen molar-refractivity contribution in [3.63, 3.8) is 0 Å². The first-order valence-electron chi connectivity index (χ1n) is 8.85. The Labute approximate surface area is 142 Å². The van der Waals surface area contributed by atoms with Crippen LogP contribution in [0.3, 0.4) is 0 Å². The summed E-state index contributed by atoms with van der Waals surface area (Å²) in [5, 5.41) is 18.1. The Hall–Kier alpha value is -1.40. The van der Waals surface area contributed by atoms with E-state index in [1.807, 2.05) is 13.8 Å². The maximum atomic E-state index is 12.4. The lowest BCUT2D eigenvalue weighted by molar-refractivity contribution is -0.234. The van der Waals surface area contributed by atoms with Crippen LogP contribution in [0.25, 0.3) is 0 Å². The molecule has 0 aromatic rings. The van der Waals surface area contributed by atoms with Crippen LogP contribution >= 0.6 is 0 Å². The van der Waals surface area contributed by atoms with Crippen molar-refractivity contribution in [3.8, 4) is 0 Å². The van der Waals surface area contributed by atoms with Gasteiger partial charge in [0.15, 0.2) is 0 Å². The molecular formula is C18H28O6. The van der Waals surface area contributed by atoms with Gasteiger partial charge in [0.05, 0.1) is 11.1 Å². The minimum Gasteiger partial charge on any atom is -0.296 e. The highest BCUT2D eigenvalue weighted by Gasteiger charge is 2.46. The normalized spacial score (nSPS) is 23.8. The Balaban J connectivity index is 2.63. The zero-order chi connectivity index (χ0) is 17.8. The molecule has 0 unspecified atom stereocenters. The minimum absolute atomic E-state index is 0.174. The average Bonchev–Trinajstić information content (AvgIpc) is 2.59. The first-order chi connectivity index (χ1) is 11.4. The molecule has 2 N–H and O–H groups in total. The number of hydrogen-bond donors (Lipinski definition) is 2. The summed E-state index contributed by atoms with van der Waals surface area (Å²) in [6, 6.07) is 0. The van der Waals surface area contributed by atoms with Gasteiger partial charge in [0, 0.05) is 10.8 Å². The molecule has 0 aromatic heterocycles. The van der Waals surface area contributed by atoms with E-state index in [1.54, 1.807) is 0 Å². The lowest BCUT2D eigenvalue weighted by Crippen LogP contribution is -2.37. The monoisotopic (exact) mass is 340 g/mol. The summed E-state index contributed by atoms with van der Waals surface area (Å²) < 4.78 is 0. The zero-order valence-electron chi connectivity index (χ0n) is 14.6. The summed E-state index contributed by atoms with van der Waals surface area (Å²) in [6.07, 6.45) is 8.85. The fourth-order valence-corrected chi connectivity index (χ4v) is 4.56. The van der Waals surface area contributed by atoms with Gasteiger partial charge in [-0.15, -0.1) is 0 Å². The zero-order valence-corrected chi connectivity index (χ0v) is 14.6. The Morgan fingerprint density at radius 3 is 1.21 bits per heavy atom. The SMILES string of the molecule is CC1(C(C(=O)OO)=C(C(=O)OO)C2(C)CCCCC2)CCCCC1. The summed E-state index contributed by atoms with van der Waals surface area (Å²) in [5.41, 5.74) is -0.786. The summed E-state index contributed by atoms with van der Waals surface area (Å²) >= 11 is 0. The summed E-state index contributed by atoms with van der Waals surface area (Å²) in [7, 11) is 0. The first kappa shape index (κ1) is 18.9. The van der Waals surface area contributed by atoms with Crippen molar-refractivity contribution in [2.24, 2.45) is 10.8 Å². The number of carbonyl (C=O) groups excluding carboxylic acids is 2. The van der Waals surface area contributed by atoms with Crippen LogP contribution in [-0.2, 0) is 19.4 Å². The number of carbonyl (C=O) groups is 2. The summed E-state index contributed by atoms with van der Waals surface area (Å²) in [4.78, 5) is 33.0. The molecule has 2 fully saturated rings. The van der Waals surface area contributed by atoms with Gasteiger partial charge in [-0.05, 0) is 25.7 Å². The molecule has 136 valence electrons. The van der Waals surface area contributed by atoms with Crippen LogP contribution in [0.2, 0.25) is 0 Å². The molecule has 0 atom stereocenters. The number of rotatable bonds is 4. The summed E-state index contributed by atoms with van der Waals surface area (Å²) in [6.45, 7) is 3.85. The van der Waals surface area contributed by atoms with Crippen molar-refractivity contribution in [3.05, 3.63) is 11.1 Å². The van der Waals surface area contributed by atoms with Gasteiger partial charge in [0.2, 0.25) is 0 Å². The van der Waals surface area contributed by atoms with E-state index in [-0.39, 0.29) is 11.1 Å². The van der Waals surface area contributed by atoms with Gasteiger partial charge in [0.1, 0.15) is 0 Å². The van der Waals surface area contributed by atoms with E-state index < -0.39 is 22.8 Å². The van der Waals surface area contributed by atoms with Crippen LogP contribution < -0.4 is 0 Å². The molecule has 2 aliphatic carbocycles. The molecule has 0 aliphatic heterocycles. The molecule has 0 bridgehead atoms. The van der Waals surface area contributed by atoms with Crippen LogP contribution in [-0.4, -0.2) is 22.5 Å². The second-order valence-electron chi connectivity index (χ2n) is 7.75. The topological polar surface area (TPSA) is 93.1 Å². The molecule has 2 aliphatic rings. The van der Waals surface area contributed by atoms with E-state index >= 15 is 0 Å². The quantitative estimate of drug-likeness (QED) is 0.451. The largest absolute Gasteiger partial charge is 0.369 e. The minimum atomic E-state index is -0.911. The second-order valence-corrected chi connectivity index (χ2v) is 7.75. The third-order valence-electron chi connectivity index (χ3n) is 5.95. The predicted molar refractivity (Wildman–Crippen MR) is 86.9 cm³/mol. The highest BCUT2D eigenvalue weighted by atomic mass is 17.1. The lowest BCUT2D eigenvalue weighted by atomic mass is 9.62. The van der Waals surface area contributed by atoms with Crippen molar-refractivity contribution in [2.45, 2.75) is 78.1 Å². The molecule has 0 spiro atoms. The molecule has 0 saturated heterocycles. The molecule has 2 saturated carbocycles. The first-order valence-corrected chi connectivity index (χ1v) is 8.85. The molecular weight excluding hydrogens is 312 g/mol. The fraction of sp³-hybridized carbons (Fsp3) is 0.778. The maximum Gasteiger partial charge on any atom is 0.369 e. The van der Waals surface area contributed by atoms with Crippen LogP contribution in [0, 0.1) is 10.8 Å². The second kappa shape index (κ2) is 7.66. The van der Waals surface area contributed by atoms with Crippen LogP contribution in [0.5, 0.6) is 0 Å². The van der Waals surface area contributed by atoms with Crippen molar-refractivity contribution in [1.82, 2.24) is 0 Å². The van der Waals surface area contributed by atoms with E-state index in [0.29, 0.717) is 0 Å². The van der Waals surface area contributed by atoms with Gasteiger partial charge >= 0.3 is 11.9 Å². The highest BCUT2D eigenvalue weighted by molar-refractivity contribution is 6.01. The molecule has 24 heavy (non-hydrogen) atoms. The molecule has 0 heterocycles. The Bertz CT molecular complexity index is 464. The van der Waals surface area contributed by atoms with Gasteiger partial charge in [-0.3, -0.25) is 9.78 Å². The number of hydrogen-bond acceptors (Lipinski definition) is 6. The fourth-order valence-electron chi connectivity index (χ4n) is 4.56. The molecule has 2 rings (SSSR count). The molecule has 0 radical (unpaired) electrons. The molecule has 0 amide bonds. The molecule has 0 aromatic carbocycles. The van der Waals surface area contributed by atoms with Gasteiger partial charge < -0.3 is 0 Å². The Morgan fingerprint density at radius 1 is 0.667 bits per heavy atom. The van der Waals surface area contributed by atoms with Gasteiger partial charge in [-0.2, -0.15) is 10.5 Å². The van der Waals surface area contributed by atoms with E-state index in [4.69, 9.17) is 10.5 Å².